The van der Waals surface area contributed by atoms with Gasteiger partial charge in [0.1, 0.15) is 5.60 Å². The zero-order chi connectivity index (χ0) is 21.2. The fourth-order valence-corrected chi connectivity index (χ4v) is 2.26. The molecule has 2 atom stereocenters. The quantitative estimate of drug-likeness (QED) is 0.346. The molecule has 0 spiro atoms. The SMILES string of the molecule is C[C@H](C(=O)c1cccc(C(F)(F)F)c1)[C@](O)(C[N+](=O)[O-])C(=O)OC(C)(C)C. The number of aliphatic hydroxyl groups is 1. The van der Waals surface area contributed by atoms with Crippen LogP contribution in [0.4, 0.5) is 13.2 Å². The third-order valence-electron chi connectivity index (χ3n) is 3.71. The average molecular weight is 391 g/mol. The summed E-state index contributed by atoms with van der Waals surface area (Å²) in [5, 5.41) is 21.5. The van der Waals surface area contributed by atoms with Gasteiger partial charge in [-0.25, -0.2) is 4.79 Å². The number of Topliss-reactive ketones (excluding diaryl/α,β-unsaturated/α-hetero) is 1. The van der Waals surface area contributed by atoms with Gasteiger partial charge in [-0.05, 0) is 32.9 Å². The number of ether oxygens (including phenoxy) is 1. The summed E-state index contributed by atoms with van der Waals surface area (Å²) in [5.41, 5.74) is -5.50. The van der Waals surface area contributed by atoms with E-state index in [9.17, 15) is 38.0 Å². The van der Waals surface area contributed by atoms with Gasteiger partial charge in [0.25, 0.3) is 0 Å². The van der Waals surface area contributed by atoms with E-state index < -0.39 is 57.6 Å². The van der Waals surface area contributed by atoms with Gasteiger partial charge in [-0.15, -0.1) is 0 Å². The third-order valence-corrected chi connectivity index (χ3v) is 3.71. The van der Waals surface area contributed by atoms with Crippen molar-refractivity contribution in [1.82, 2.24) is 0 Å². The normalized spacial score (nSPS) is 15.6. The molecule has 0 aliphatic rings. The van der Waals surface area contributed by atoms with Crippen molar-refractivity contribution in [2.24, 2.45) is 5.92 Å². The highest BCUT2D eigenvalue weighted by Gasteiger charge is 2.52. The molecule has 1 aromatic carbocycles. The van der Waals surface area contributed by atoms with Crippen molar-refractivity contribution in [2.75, 3.05) is 6.54 Å². The Bertz CT molecular complexity index is 741. The van der Waals surface area contributed by atoms with E-state index in [2.05, 4.69) is 0 Å². The molecular weight excluding hydrogens is 371 g/mol. The summed E-state index contributed by atoms with van der Waals surface area (Å²) in [7, 11) is 0. The summed E-state index contributed by atoms with van der Waals surface area (Å²) in [6, 6.07) is 3.36. The summed E-state index contributed by atoms with van der Waals surface area (Å²) in [6.07, 6.45) is -4.71. The summed E-state index contributed by atoms with van der Waals surface area (Å²) in [5.74, 6) is -4.18. The van der Waals surface area contributed by atoms with Crippen molar-refractivity contribution < 1.29 is 37.5 Å². The number of benzene rings is 1. The predicted octanol–water partition coefficient (Wildman–Crippen LogP) is 2.87. The predicted molar refractivity (Wildman–Crippen MR) is 87.6 cm³/mol. The van der Waals surface area contributed by atoms with Gasteiger partial charge in [0.2, 0.25) is 12.1 Å². The molecular formula is C17H20F3NO6. The van der Waals surface area contributed by atoms with Crippen LogP contribution in [0.5, 0.6) is 0 Å². The fourth-order valence-electron chi connectivity index (χ4n) is 2.26. The molecule has 10 heteroatoms. The van der Waals surface area contributed by atoms with E-state index in [1.165, 1.54) is 20.8 Å². The second kappa shape index (κ2) is 7.63. The Hall–Kier alpha value is -2.49. The van der Waals surface area contributed by atoms with Gasteiger partial charge < -0.3 is 9.84 Å². The van der Waals surface area contributed by atoms with E-state index in [1.54, 1.807) is 0 Å². The number of esters is 1. The van der Waals surface area contributed by atoms with Crippen LogP contribution >= 0.6 is 0 Å². The average Bonchev–Trinajstić information content (AvgIpc) is 2.50. The van der Waals surface area contributed by atoms with Crippen molar-refractivity contribution in [2.45, 2.75) is 45.1 Å². The molecule has 1 N–H and O–H groups in total. The van der Waals surface area contributed by atoms with Crippen molar-refractivity contribution in [1.29, 1.82) is 0 Å². The van der Waals surface area contributed by atoms with E-state index in [4.69, 9.17) is 4.74 Å². The summed E-state index contributed by atoms with van der Waals surface area (Å²) in [4.78, 5) is 34.8. The monoisotopic (exact) mass is 391 g/mol. The molecule has 0 radical (unpaired) electrons. The number of carbonyl (C=O) groups excluding carboxylic acids is 2. The van der Waals surface area contributed by atoms with Crippen LogP contribution in [-0.4, -0.2) is 39.5 Å². The second-order valence-corrected chi connectivity index (χ2v) is 7.08. The maximum atomic E-state index is 12.8. The zero-order valence-corrected chi connectivity index (χ0v) is 15.2. The first-order valence-corrected chi connectivity index (χ1v) is 7.87. The molecule has 0 amide bonds. The molecule has 0 unspecified atom stereocenters. The summed E-state index contributed by atoms with van der Waals surface area (Å²) >= 11 is 0. The summed E-state index contributed by atoms with van der Waals surface area (Å²) in [6.45, 7) is 4.05. The van der Waals surface area contributed by atoms with Gasteiger partial charge in [-0.3, -0.25) is 14.9 Å². The van der Waals surface area contributed by atoms with E-state index in [-0.39, 0.29) is 0 Å². The van der Waals surface area contributed by atoms with Crippen molar-refractivity contribution in [3.05, 3.63) is 45.5 Å². The Balaban J connectivity index is 3.29. The van der Waals surface area contributed by atoms with Crippen molar-refractivity contribution in [3.63, 3.8) is 0 Å². The molecule has 0 aliphatic heterocycles. The van der Waals surface area contributed by atoms with Gasteiger partial charge >= 0.3 is 12.1 Å². The minimum Gasteiger partial charge on any atom is -0.458 e. The van der Waals surface area contributed by atoms with Gasteiger partial charge in [-0.1, -0.05) is 19.1 Å². The Kier molecular flexibility index (Phi) is 6.37. The molecule has 0 aromatic heterocycles. The Morgan fingerprint density at radius 1 is 1.26 bits per heavy atom. The number of hydrogen-bond donors (Lipinski definition) is 1. The smallest absolute Gasteiger partial charge is 0.416 e. The van der Waals surface area contributed by atoms with Crippen LogP contribution in [0.15, 0.2) is 24.3 Å². The molecule has 0 saturated carbocycles. The van der Waals surface area contributed by atoms with E-state index in [0.29, 0.717) is 6.07 Å². The lowest BCUT2D eigenvalue weighted by molar-refractivity contribution is -0.499. The molecule has 27 heavy (non-hydrogen) atoms. The van der Waals surface area contributed by atoms with Crippen LogP contribution < -0.4 is 0 Å². The maximum absolute atomic E-state index is 12.8. The van der Waals surface area contributed by atoms with Gasteiger partial charge in [0, 0.05) is 10.5 Å². The number of hydrogen-bond acceptors (Lipinski definition) is 6. The lowest BCUT2D eigenvalue weighted by atomic mass is 9.82. The molecule has 0 fully saturated rings. The molecule has 1 aromatic rings. The maximum Gasteiger partial charge on any atom is 0.416 e. The molecule has 0 aliphatic carbocycles. The van der Waals surface area contributed by atoms with Crippen LogP contribution in [-0.2, 0) is 15.7 Å². The first-order valence-electron chi connectivity index (χ1n) is 7.87. The minimum absolute atomic E-state index is 0.442. The molecule has 7 nitrogen and oxygen atoms in total. The second-order valence-electron chi connectivity index (χ2n) is 7.08. The van der Waals surface area contributed by atoms with E-state index in [0.717, 1.165) is 25.1 Å². The highest BCUT2D eigenvalue weighted by molar-refractivity contribution is 6.01. The van der Waals surface area contributed by atoms with Crippen LogP contribution in [0.3, 0.4) is 0 Å². The molecule has 0 heterocycles. The molecule has 150 valence electrons. The van der Waals surface area contributed by atoms with Crippen LogP contribution in [0.25, 0.3) is 0 Å². The van der Waals surface area contributed by atoms with Gasteiger partial charge in [-0.2, -0.15) is 13.2 Å². The standard InChI is InChI=1S/C17H20F3NO6/c1-10(13(22)11-6-5-7-12(8-11)17(18,19)20)16(24,9-21(25)26)14(23)27-15(2,3)4/h5-8,10,24H,9H2,1-4H3/t10-,16-/m1/s1. The van der Waals surface area contributed by atoms with Crippen molar-refractivity contribution in [3.8, 4) is 0 Å². The van der Waals surface area contributed by atoms with Gasteiger partial charge in [0.05, 0.1) is 11.5 Å². The number of carbonyl (C=O) groups is 2. The number of halogens is 3. The van der Waals surface area contributed by atoms with Crippen LogP contribution in [0, 0.1) is 16.0 Å². The molecule has 0 bridgehead atoms. The summed E-state index contributed by atoms with van der Waals surface area (Å²) < 4.78 is 43.4. The molecule has 0 saturated heterocycles. The highest BCUT2D eigenvalue weighted by Crippen LogP contribution is 2.31. The van der Waals surface area contributed by atoms with E-state index in [1.807, 2.05) is 0 Å². The first-order chi connectivity index (χ1) is 12.1. The Labute approximate surface area is 153 Å². The third kappa shape index (κ3) is 5.75. The topological polar surface area (TPSA) is 107 Å². The number of rotatable bonds is 6. The lowest BCUT2D eigenvalue weighted by Gasteiger charge is -2.31. The largest absolute Gasteiger partial charge is 0.458 e. The Morgan fingerprint density at radius 3 is 2.26 bits per heavy atom. The van der Waals surface area contributed by atoms with Crippen LogP contribution in [0.1, 0.15) is 43.6 Å². The fraction of sp³-hybridized carbons (Fsp3) is 0.529. The molecule has 1 rings (SSSR count). The minimum atomic E-state index is -4.71. The number of nitrogens with zero attached hydrogens (tertiary/aromatic N) is 1. The first kappa shape index (κ1) is 22.6. The van der Waals surface area contributed by atoms with Crippen LogP contribution in [0.2, 0.25) is 0 Å². The van der Waals surface area contributed by atoms with E-state index >= 15 is 0 Å². The van der Waals surface area contributed by atoms with Crippen molar-refractivity contribution >= 4 is 11.8 Å². The highest BCUT2D eigenvalue weighted by atomic mass is 19.4. The van der Waals surface area contributed by atoms with Gasteiger partial charge in [0.15, 0.2) is 5.78 Å². The lowest BCUT2D eigenvalue weighted by Crippen LogP contribution is -2.55. The number of nitro groups is 1. The Morgan fingerprint density at radius 2 is 1.81 bits per heavy atom. The number of ketones is 1. The zero-order valence-electron chi connectivity index (χ0n) is 15.2. The number of alkyl halides is 3.